The Morgan fingerprint density at radius 1 is 1.00 bits per heavy atom. The summed E-state index contributed by atoms with van der Waals surface area (Å²) in [4.78, 5) is 14.9. The van der Waals surface area contributed by atoms with Crippen molar-refractivity contribution in [1.82, 2.24) is 10.2 Å². The largest absolute Gasteiger partial charge is 0.339 e. The maximum absolute atomic E-state index is 13.0. The van der Waals surface area contributed by atoms with E-state index in [0.717, 1.165) is 74.0 Å². The van der Waals surface area contributed by atoms with Crippen molar-refractivity contribution in [2.24, 2.45) is 29.6 Å². The second-order valence-corrected chi connectivity index (χ2v) is 9.93. The Labute approximate surface area is 168 Å². The number of nitrogens with zero attached hydrogens (tertiary/aromatic N) is 1. The molecule has 1 aromatic carbocycles. The van der Waals surface area contributed by atoms with Crippen molar-refractivity contribution < 1.29 is 9.18 Å². The van der Waals surface area contributed by atoms with Gasteiger partial charge < -0.3 is 10.2 Å². The highest BCUT2D eigenvalue weighted by Crippen LogP contribution is 2.56. The molecule has 1 heterocycles. The molecular formula is C24H33FN2O. The van der Waals surface area contributed by atoms with Gasteiger partial charge in [0.05, 0.1) is 0 Å². The number of carbonyl (C=O) groups is 1. The molecule has 4 bridgehead atoms. The van der Waals surface area contributed by atoms with Crippen LogP contribution in [0.25, 0.3) is 0 Å². The summed E-state index contributed by atoms with van der Waals surface area (Å²) >= 11 is 0. The molecule has 1 aliphatic heterocycles. The van der Waals surface area contributed by atoms with Gasteiger partial charge in [0, 0.05) is 25.6 Å². The number of hydrogen-bond donors (Lipinski definition) is 1. The Balaban J connectivity index is 1.13. The number of nitrogens with one attached hydrogen (secondary N) is 1. The fraction of sp³-hybridized carbons (Fsp3) is 0.708. The quantitative estimate of drug-likeness (QED) is 0.708. The van der Waals surface area contributed by atoms with Gasteiger partial charge in [0.25, 0.3) is 0 Å². The van der Waals surface area contributed by atoms with Crippen LogP contribution in [0.3, 0.4) is 0 Å². The van der Waals surface area contributed by atoms with Gasteiger partial charge in [-0.15, -0.1) is 0 Å². The summed E-state index contributed by atoms with van der Waals surface area (Å²) in [6.45, 7) is 2.69. The van der Waals surface area contributed by atoms with Gasteiger partial charge >= 0.3 is 0 Å². The average molecular weight is 385 g/mol. The van der Waals surface area contributed by atoms with Crippen molar-refractivity contribution in [3.05, 3.63) is 35.6 Å². The van der Waals surface area contributed by atoms with Crippen molar-refractivity contribution in [3.63, 3.8) is 0 Å². The first-order valence-electron chi connectivity index (χ1n) is 11.4. The summed E-state index contributed by atoms with van der Waals surface area (Å²) in [5.74, 6) is 4.75. The fourth-order valence-corrected chi connectivity index (χ4v) is 7.01. The molecule has 0 spiro atoms. The molecule has 1 N–H and O–H groups in total. The van der Waals surface area contributed by atoms with Gasteiger partial charge in [-0.2, -0.15) is 0 Å². The fourth-order valence-electron chi connectivity index (χ4n) is 7.01. The number of hydrogen-bond acceptors (Lipinski definition) is 2. The van der Waals surface area contributed by atoms with E-state index >= 15 is 0 Å². The summed E-state index contributed by atoms with van der Waals surface area (Å²) in [6, 6.07) is 7.10. The van der Waals surface area contributed by atoms with Gasteiger partial charge in [-0.1, -0.05) is 12.1 Å². The van der Waals surface area contributed by atoms with Crippen LogP contribution in [0.15, 0.2) is 24.3 Å². The third-order valence-electron chi connectivity index (χ3n) is 8.18. The van der Waals surface area contributed by atoms with E-state index in [2.05, 4.69) is 10.2 Å². The minimum absolute atomic E-state index is 0.186. The number of amides is 1. The molecule has 5 aliphatic rings. The van der Waals surface area contributed by atoms with Crippen molar-refractivity contribution in [2.75, 3.05) is 13.1 Å². The van der Waals surface area contributed by atoms with Crippen LogP contribution in [-0.2, 0) is 11.3 Å². The van der Waals surface area contributed by atoms with Crippen LogP contribution in [0.2, 0.25) is 0 Å². The molecule has 4 heteroatoms. The number of benzene rings is 1. The minimum atomic E-state index is -0.186. The SMILES string of the molecule is O=C1CCC(CCNCc2ccc(F)cc2)N1CC1C2CC3CC(C2)CC1C3. The van der Waals surface area contributed by atoms with Crippen LogP contribution in [0.5, 0.6) is 0 Å². The molecule has 3 nitrogen and oxygen atoms in total. The van der Waals surface area contributed by atoms with Gasteiger partial charge in [-0.25, -0.2) is 4.39 Å². The maximum Gasteiger partial charge on any atom is 0.222 e. The topological polar surface area (TPSA) is 32.3 Å². The number of rotatable bonds is 7. The Bertz CT molecular complexity index is 675. The number of halogens is 1. The zero-order chi connectivity index (χ0) is 19.1. The number of likely N-dealkylation sites (tertiary alicyclic amines) is 1. The Morgan fingerprint density at radius 3 is 2.36 bits per heavy atom. The van der Waals surface area contributed by atoms with Crippen molar-refractivity contribution in [1.29, 1.82) is 0 Å². The van der Waals surface area contributed by atoms with E-state index in [1.54, 1.807) is 0 Å². The molecule has 152 valence electrons. The third kappa shape index (κ3) is 3.72. The first-order chi connectivity index (χ1) is 13.7. The Kier molecular flexibility index (Phi) is 5.17. The van der Waals surface area contributed by atoms with Crippen LogP contribution >= 0.6 is 0 Å². The van der Waals surface area contributed by atoms with E-state index in [1.807, 2.05) is 12.1 Å². The van der Waals surface area contributed by atoms with Crippen LogP contribution in [0.1, 0.15) is 56.9 Å². The third-order valence-corrected chi connectivity index (χ3v) is 8.18. The number of carbonyl (C=O) groups excluding carboxylic acids is 1. The highest BCUT2D eigenvalue weighted by Gasteiger charge is 2.49. The van der Waals surface area contributed by atoms with E-state index in [-0.39, 0.29) is 5.82 Å². The maximum atomic E-state index is 13.0. The van der Waals surface area contributed by atoms with Crippen molar-refractivity contribution in [3.8, 4) is 0 Å². The van der Waals surface area contributed by atoms with E-state index in [1.165, 1.54) is 44.2 Å². The molecule has 4 aliphatic carbocycles. The lowest BCUT2D eigenvalue weighted by molar-refractivity contribution is -0.132. The van der Waals surface area contributed by atoms with Gasteiger partial charge in [0.2, 0.25) is 5.91 Å². The van der Waals surface area contributed by atoms with Crippen LogP contribution in [-0.4, -0.2) is 29.9 Å². The predicted octanol–water partition coefficient (Wildman–Crippen LogP) is 4.37. The van der Waals surface area contributed by atoms with Crippen LogP contribution in [0.4, 0.5) is 4.39 Å². The first kappa shape index (κ1) is 18.6. The predicted molar refractivity (Wildman–Crippen MR) is 108 cm³/mol. The zero-order valence-corrected chi connectivity index (χ0v) is 16.8. The van der Waals surface area contributed by atoms with E-state index in [4.69, 9.17) is 0 Å². The average Bonchev–Trinajstić information content (AvgIpc) is 3.02. The van der Waals surface area contributed by atoms with Crippen molar-refractivity contribution >= 4 is 5.91 Å². The molecule has 28 heavy (non-hydrogen) atoms. The summed E-state index contributed by atoms with van der Waals surface area (Å²) in [5, 5.41) is 3.48. The molecule has 6 rings (SSSR count). The molecule has 4 saturated carbocycles. The second-order valence-electron chi connectivity index (χ2n) is 9.93. The molecular weight excluding hydrogens is 351 g/mol. The molecule has 1 saturated heterocycles. The molecule has 5 fully saturated rings. The zero-order valence-electron chi connectivity index (χ0n) is 16.8. The van der Waals surface area contributed by atoms with Gasteiger partial charge in [-0.05, 0) is 98.8 Å². The molecule has 1 atom stereocenters. The highest BCUT2D eigenvalue weighted by molar-refractivity contribution is 5.78. The Hall–Kier alpha value is -1.42. The lowest BCUT2D eigenvalue weighted by Crippen LogP contribution is -2.50. The minimum Gasteiger partial charge on any atom is -0.339 e. The smallest absolute Gasteiger partial charge is 0.222 e. The van der Waals surface area contributed by atoms with Gasteiger partial charge in [0.1, 0.15) is 5.82 Å². The van der Waals surface area contributed by atoms with Gasteiger partial charge in [-0.3, -0.25) is 4.79 Å². The lowest BCUT2D eigenvalue weighted by atomic mass is 9.52. The highest BCUT2D eigenvalue weighted by atomic mass is 19.1. The molecule has 1 unspecified atom stereocenters. The molecule has 1 amide bonds. The summed E-state index contributed by atoms with van der Waals surface area (Å²) < 4.78 is 13.0. The Morgan fingerprint density at radius 2 is 1.68 bits per heavy atom. The first-order valence-corrected chi connectivity index (χ1v) is 11.4. The van der Waals surface area contributed by atoms with E-state index in [9.17, 15) is 9.18 Å². The monoisotopic (exact) mass is 384 g/mol. The lowest BCUT2D eigenvalue weighted by Gasteiger charge is -2.55. The molecule has 0 aromatic heterocycles. The summed E-state index contributed by atoms with van der Waals surface area (Å²) in [5.41, 5.74) is 1.11. The van der Waals surface area contributed by atoms with Crippen LogP contribution < -0.4 is 5.32 Å². The summed E-state index contributed by atoms with van der Waals surface area (Å²) in [7, 11) is 0. The molecule has 1 aromatic rings. The second kappa shape index (κ2) is 7.78. The van der Waals surface area contributed by atoms with E-state index < -0.39 is 0 Å². The molecule has 0 radical (unpaired) electrons. The van der Waals surface area contributed by atoms with Crippen LogP contribution in [0, 0.1) is 35.4 Å². The standard InChI is InChI=1S/C24H33FN2O/c25-21-3-1-16(2-4-21)14-26-8-7-22-5-6-24(28)27(22)15-23-19-10-17-9-18(12-19)13-20(23)11-17/h1-4,17-20,22-23,26H,5-15H2. The van der Waals surface area contributed by atoms with E-state index in [0.29, 0.717) is 11.9 Å². The van der Waals surface area contributed by atoms with Crippen molar-refractivity contribution in [2.45, 2.75) is 64.0 Å². The van der Waals surface area contributed by atoms with Gasteiger partial charge in [0.15, 0.2) is 0 Å². The summed E-state index contributed by atoms with van der Waals surface area (Å²) in [6.07, 6.45) is 10.0. The normalized spacial score (nSPS) is 36.5.